The third-order valence-corrected chi connectivity index (χ3v) is 4.05. The maximum absolute atomic E-state index is 6.61. The molecule has 21 heavy (non-hydrogen) atoms. The van der Waals surface area contributed by atoms with Crippen LogP contribution in [0.3, 0.4) is 0 Å². The molecule has 0 aromatic heterocycles. The second kappa shape index (κ2) is 5.98. The predicted octanol–water partition coefficient (Wildman–Crippen LogP) is 4.74. The first-order valence-electron chi connectivity index (χ1n) is 7.30. The van der Waals surface area contributed by atoms with Crippen LogP contribution in [0, 0.1) is 0 Å². The lowest BCUT2D eigenvalue weighted by Gasteiger charge is -2.14. The van der Waals surface area contributed by atoms with Crippen molar-refractivity contribution in [1.82, 2.24) is 0 Å². The van der Waals surface area contributed by atoms with Crippen molar-refractivity contribution >= 4 is 11.6 Å². The molecule has 2 nitrogen and oxygen atoms in total. The van der Waals surface area contributed by atoms with E-state index < -0.39 is 0 Å². The Kier molecular flexibility index (Phi) is 4.07. The zero-order valence-corrected chi connectivity index (χ0v) is 13.1. The first-order valence-corrected chi connectivity index (χ1v) is 7.73. The van der Waals surface area contributed by atoms with Crippen molar-refractivity contribution in [1.29, 1.82) is 0 Å². The van der Waals surface area contributed by atoms with Crippen molar-refractivity contribution in [3.05, 3.63) is 59.2 Å². The summed E-state index contributed by atoms with van der Waals surface area (Å²) in [6.07, 6.45) is 1.15. The Morgan fingerprint density at radius 2 is 1.76 bits per heavy atom. The van der Waals surface area contributed by atoms with Crippen LogP contribution in [0.25, 0.3) is 0 Å². The van der Waals surface area contributed by atoms with Crippen LogP contribution in [-0.2, 0) is 6.42 Å². The van der Waals surface area contributed by atoms with E-state index in [0.29, 0.717) is 0 Å². The lowest BCUT2D eigenvalue weighted by molar-refractivity contribution is 0.242. The van der Waals surface area contributed by atoms with Gasteiger partial charge in [-0.1, -0.05) is 24.3 Å². The summed E-state index contributed by atoms with van der Waals surface area (Å²) < 4.78 is 11.2. The molecule has 1 unspecified atom stereocenters. The molecule has 0 saturated heterocycles. The maximum Gasteiger partial charge on any atom is 0.122 e. The van der Waals surface area contributed by atoms with Crippen LogP contribution in [0.15, 0.2) is 42.5 Å². The SMILES string of the molecule is CC(C)Oc1ccc(C(Cl)c2ccc3c(c2)CCO3)cc1. The van der Waals surface area contributed by atoms with Gasteiger partial charge in [0, 0.05) is 6.42 Å². The molecule has 0 spiro atoms. The molecule has 1 aliphatic heterocycles. The van der Waals surface area contributed by atoms with E-state index in [2.05, 4.69) is 6.07 Å². The molecule has 110 valence electrons. The van der Waals surface area contributed by atoms with Crippen LogP contribution in [0.1, 0.15) is 35.9 Å². The highest BCUT2D eigenvalue weighted by atomic mass is 35.5. The highest BCUT2D eigenvalue weighted by molar-refractivity contribution is 6.22. The topological polar surface area (TPSA) is 18.5 Å². The summed E-state index contributed by atoms with van der Waals surface area (Å²) in [6, 6.07) is 14.2. The van der Waals surface area contributed by atoms with Crippen LogP contribution in [0.2, 0.25) is 0 Å². The Balaban J connectivity index is 1.79. The normalized spacial score (nSPS) is 14.7. The van der Waals surface area contributed by atoms with Crippen LogP contribution >= 0.6 is 11.6 Å². The third-order valence-electron chi connectivity index (χ3n) is 3.55. The fourth-order valence-electron chi connectivity index (χ4n) is 2.54. The van der Waals surface area contributed by atoms with Gasteiger partial charge in [0.05, 0.1) is 18.1 Å². The molecule has 1 atom stereocenters. The number of fused-ring (bicyclic) bond motifs is 1. The first kappa shape index (κ1) is 14.3. The number of hydrogen-bond donors (Lipinski definition) is 0. The van der Waals surface area contributed by atoms with Gasteiger partial charge in [0.25, 0.3) is 0 Å². The molecule has 0 fully saturated rings. The standard InChI is InChI=1S/C18H19ClO2/c1-12(2)21-16-6-3-13(4-7-16)18(19)15-5-8-17-14(11-15)9-10-20-17/h3-8,11-12,18H,9-10H2,1-2H3. The van der Waals surface area contributed by atoms with Gasteiger partial charge in [0.15, 0.2) is 0 Å². The average molecular weight is 303 g/mol. The van der Waals surface area contributed by atoms with E-state index in [-0.39, 0.29) is 11.5 Å². The molecule has 0 N–H and O–H groups in total. The van der Waals surface area contributed by atoms with Gasteiger partial charge >= 0.3 is 0 Å². The number of hydrogen-bond acceptors (Lipinski definition) is 2. The Hall–Kier alpha value is -1.67. The minimum Gasteiger partial charge on any atom is -0.493 e. The van der Waals surface area contributed by atoms with Crippen LogP contribution in [0.5, 0.6) is 11.5 Å². The molecule has 3 heteroatoms. The summed E-state index contributed by atoms with van der Waals surface area (Å²) in [6.45, 7) is 4.81. The lowest BCUT2D eigenvalue weighted by Crippen LogP contribution is -2.05. The highest BCUT2D eigenvalue weighted by Gasteiger charge is 2.16. The molecule has 1 aliphatic rings. The molecule has 3 rings (SSSR count). The van der Waals surface area contributed by atoms with Gasteiger partial charge in [-0.25, -0.2) is 0 Å². The average Bonchev–Trinajstić information content (AvgIpc) is 2.94. The number of alkyl halides is 1. The number of halogens is 1. The fourth-order valence-corrected chi connectivity index (χ4v) is 2.83. The van der Waals surface area contributed by atoms with Crippen LogP contribution in [-0.4, -0.2) is 12.7 Å². The van der Waals surface area contributed by atoms with E-state index in [1.54, 1.807) is 0 Å². The summed E-state index contributed by atoms with van der Waals surface area (Å²) in [5.74, 6) is 1.86. The zero-order valence-electron chi connectivity index (χ0n) is 12.3. The van der Waals surface area contributed by atoms with E-state index in [1.807, 2.05) is 50.2 Å². The molecule has 2 aromatic carbocycles. The van der Waals surface area contributed by atoms with Gasteiger partial charge in [-0.3, -0.25) is 0 Å². The van der Waals surface area contributed by atoms with Gasteiger partial charge in [-0.15, -0.1) is 11.6 Å². The molecular weight excluding hydrogens is 284 g/mol. The molecule has 0 saturated carbocycles. The smallest absolute Gasteiger partial charge is 0.122 e. The summed E-state index contributed by atoms with van der Waals surface area (Å²) >= 11 is 6.61. The summed E-state index contributed by atoms with van der Waals surface area (Å²) in [5, 5.41) is -0.149. The van der Waals surface area contributed by atoms with Gasteiger partial charge < -0.3 is 9.47 Å². The molecule has 0 radical (unpaired) electrons. The first-order chi connectivity index (χ1) is 10.1. The Morgan fingerprint density at radius 1 is 1.05 bits per heavy atom. The van der Waals surface area contributed by atoms with Gasteiger partial charge in [0.2, 0.25) is 0 Å². The van der Waals surface area contributed by atoms with E-state index in [4.69, 9.17) is 21.1 Å². The zero-order chi connectivity index (χ0) is 14.8. The highest BCUT2D eigenvalue weighted by Crippen LogP contribution is 2.34. The fraction of sp³-hybridized carbons (Fsp3) is 0.333. The lowest BCUT2D eigenvalue weighted by atomic mass is 10.0. The number of benzene rings is 2. The summed E-state index contributed by atoms with van der Waals surface area (Å²) in [5.41, 5.74) is 3.43. The number of rotatable bonds is 4. The summed E-state index contributed by atoms with van der Waals surface area (Å²) in [7, 11) is 0. The van der Waals surface area contributed by atoms with E-state index in [1.165, 1.54) is 5.56 Å². The second-order valence-electron chi connectivity index (χ2n) is 5.56. The van der Waals surface area contributed by atoms with Gasteiger partial charge in [-0.2, -0.15) is 0 Å². The third kappa shape index (κ3) is 3.16. The van der Waals surface area contributed by atoms with Gasteiger partial charge in [-0.05, 0) is 48.7 Å². The maximum atomic E-state index is 6.61. The molecule has 2 aromatic rings. The molecule has 0 bridgehead atoms. The van der Waals surface area contributed by atoms with E-state index in [0.717, 1.165) is 35.7 Å². The van der Waals surface area contributed by atoms with Gasteiger partial charge in [0.1, 0.15) is 11.5 Å². The van der Waals surface area contributed by atoms with Crippen molar-refractivity contribution in [2.45, 2.75) is 31.7 Å². The minimum absolute atomic E-state index is 0.149. The van der Waals surface area contributed by atoms with Crippen molar-refractivity contribution in [2.75, 3.05) is 6.61 Å². The van der Waals surface area contributed by atoms with Crippen molar-refractivity contribution < 1.29 is 9.47 Å². The van der Waals surface area contributed by atoms with Crippen LogP contribution < -0.4 is 9.47 Å². The minimum atomic E-state index is -0.149. The van der Waals surface area contributed by atoms with Crippen molar-refractivity contribution in [3.8, 4) is 11.5 Å². The van der Waals surface area contributed by atoms with E-state index in [9.17, 15) is 0 Å². The molecular formula is C18H19ClO2. The molecule has 0 aliphatic carbocycles. The van der Waals surface area contributed by atoms with Crippen LogP contribution in [0.4, 0.5) is 0 Å². The largest absolute Gasteiger partial charge is 0.493 e. The quantitative estimate of drug-likeness (QED) is 0.760. The summed E-state index contributed by atoms with van der Waals surface area (Å²) in [4.78, 5) is 0. The van der Waals surface area contributed by atoms with Crippen molar-refractivity contribution in [3.63, 3.8) is 0 Å². The van der Waals surface area contributed by atoms with Crippen molar-refractivity contribution in [2.24, 2.45) is 0 Å². The second-order valence-corrected chi connectivity index (χ2v) is 6.00. The number of ether oxygens (including phenoxy) is 2. The predicted molar refractivity (Wildman–Crippen MR) is 85.5 cm³/mol. The molecule has 0 amide bonds. The monoisotopic (exact) mass is 302 g/mol. The molecule has 1 heterocycles. The Morgan fingerprint density at radius 3 is 2.48 bits per heavy atom. The Labute approximate surface area is 130 Å². The Bertz CT molecular complexity index is 620. The van der Waals surface area contributed by atoms with E-state index >= 15 is 0 Å².